The monoisotopic (exact) mass is 428 g/mol. The molecule has 0 aromatic heterocycles. The van der Waals surface area contributed by atoms with Crippen molar-refractivity contribution in [1.29, 1.82) is 0 Å². The minimum absolute atomic E-state index is 0.195. The molecule has 0 aliphatic heterocycles. The summed E-state index contributed by atoms with van der Waals surface area (Å²) in [5.74, 6) is -1.18. The van der Waals surface area contributed by atoms with Crippen LogP contribution in [0.4, 0.5) is 13.2 Å². The van der Waals surface area contributed by atoms with Crippen molar-refractivity contribution >= 4 is 9.84 Å². The third-order valence-corrected chi connectivity index (χ3v) is 7.08. The van der Waals surface area contributed by atoms with Gasteiger partial charge in [0.1, 0.15) is 10.6 Å². The lowest BCUT2D eigenvalue weighted by molar-refractivity contribution is -0.275. The number of aryl methyl sites for hydroxylation is 1. The molecule has 3 rings (SSSR count). The van der Waals surface area contributed by atoms with Gasteiger partial charge in [-0.15, -0.1) is 13.2 Å². The second-order valence-corrected chi connectivity index (χ2v) is 9.53. The molecule has 0 atom stereocenters. The van der Waals surface area contributed by atoms with E-state index in [-0.39, 0.29) is 11.7 Å². The van der Waals surface area contributed by atoms with E-state index in [0.717, 1.165) is 11.6 Å². The summed E-state index contributed by atoms with van der Waals surface area (Å²) in [6.45, 7) is 1.89. The van der Waals surface area contributed by atoms with Gasteiger partial charge in [-0.2, -0.15) is 0 Å². The topological polar surface area (TPSA) is 63.6 Å². The zero-order valence-electron chi connectivity index (χ0n) is 15.9. The van der Waals surface area contributed by atoms with Crippen LogP contribution in [0.25, 0.3) is 11.1 Å². The molecule has 0 bridgehead atoms. The number of hydrogen-bond acceptors (Lipinski definition) is 4. The van der Waals surface area contributed by atoms with Crippen molar-refractivity contribution in [3.63, 3.8) is 0 Å². The van der Waals surface area contributed by atoms with Crippen LogP contribution in [0.3, 0.4) is 0 Å². The first-order chi connectivity index (χ1) is 13.5. The molecule has 2 aromatic rings. The van der Waals surface area contributed by atoms with Gasteiger partial charge in [-0.1, -0.05) is 35.9 Å². The highest BCUT2D eigenvalue weighted by molar-refractivity contribution is 7.91. The van der Waals surface area contributed by atoms with Crippen molar-refractivity contribution in [3.05, 3.63) is 48.0 Å². The van der Waals surface area contributed by atoms with Gasteiger partial charge in [0, 0.05) is 0 Å². The molecule has 0 heterocycles. The summed E-state index contributed by atoms with van der Waals surface area (Å²) in [5.41, 5.74) is 2.09. The number of aliphatic hydroxyl groups is 1. The molecule has 0 amide bonds. The molecule has 4 nitrogen and oxygen atoms in total. The molecular weight excluding hydrogens is 405 g/mol. The Hall–Kier alpha value is -2.06. The van der Waals surface area contributed by atoms with Gasteiger partial charge >= 0.3 is 6.36 Å². The molecular formula is C21H23F3O4S. The zero-order valence-corrected chi connectivity index (χ0v) is 16.8. The minimum atomic E-state index is -5.01. The van der Waals surface area contributed by atoms with Crippen LogP contribution in [0.1, 0.15) is 31.2 Å². The Kier molecular flexibility index (Phi) is 6.24. The van der Waals surface area contributed by atoms with E-state index < -0.39 is 32.9 Å². The first kappa shape index (κ1) is 21.6. The van der Waals surface area contributed by atoms with Gasteiger partial charge in [0.05, 0.1) is 11.9 Å². The Labute approximate surface area is 168 Å². The van der Waals surface area contributed by atoms with E-state index in [4.69, 9.17) is 0 Å². The van der Waals surface area contributed by atoms with Crippen LogP contribution in [0, 0.1) is 12.8 Å². The second-order valence-electron chi connectivity index (χ2n) is 7.53. The third kappa shape index (κ3) is 5.73. The van der Waals surface area contributed by atoms with E-state index in [1.165, 1.54) is 12.1 Å². The fourth-order valence-corrected chi connectivity index (χ4v) is 5.42. The second kappa shape index (κ2) is 8.36. The molecule has 1 N–H and O–H groups in total. The Balaban J connectivity index is 1.94. The zero-order chi connectivity index (χ0) is 21.2. The fourth-order valence-electron chi connectivity index (χ4n) is 3.61. The standard InChI is InChI=1S/C21H23F3O4S/c1-14-2-6-16(7-3-14)17-8-11-20(19(12-17)28-21(22,23)24)29(26,27)13-15-4-9-18(25)10-5-15/h2-3,6-8,11-12,15,18,25H,4-5,9-10,13H2,1H3. The lowest BCUT2D eigenvalue weighted by Gasteiger charge is -2.25. The predicted octanol–water partition coefficient (Wildman–Crippen LogP) is 4.89. The number of benzene rings is 2. The summed E-state index contributed by atoms with van der Waals surface area (Å²) in [5, 5.41) is 9.58. The average molecular weight is 428 g/mol. The number of aliphatic hydroxyl groups excluding tert-OH is 1. The van der Waals surface area contributed by atoms with Crippen LogP contribution in [0.5, 0.6) is 5.75 Å². The third-order valence-electron chi connectivity index (χ3n) is 5.16. The molecule has 29 heavy (non-hydrogen) atoms. The highest BCUT2D eigenvalue weighted by Gasteiger charge is 2.35. The number of sulfone groups is 1. The SMILES string of the molecule is Cc1ccc(-c2ccc(S(=O)(=O)CC3CCC(O)CC3)c(OC(F)(F)F)c2)cc1. The smallest absolute Gasteiger partial charge is 0.404 e. The van der Waals surface area contributed by atoms with Gasteiger partial charge in [0.2, 0.25) is 0 Å². The number of rotatable bonds is 5. The van der Waals surface area contributed by atoms with Crippen molar-refractivity contribution in [2.45, 2.75) is 50.0 Å². The van der Waals surface area contributed by atoms with Crippen molar-refractivity contribution < 1.29 is 31.4 Å². The molecule has 8 heteroatoms. The first-order valence-corrected chi connectivity index (χ1v) is 11.1. The van der Waals surface area contributed by atoms with Crippen molar-refractivity contribution in [2.75, 3.05) is 5.75 Å². The Morgan fingerprint density at radius 3 is 2.17 bits per heavy atom. The lowest BCUT2D eigenvalue weighted by atomic mass is 9.89. The molecule has 0 saturated heterocycles. The predicted molar refractivity (Wildman–Crippen MR) is 103 cm³/mol. The van der Waals surface area contributed by atoms with E-state index in [1.807, 2.05) is 19.1 Å². The molecule has 0 unspecified atom stereocenters. The minimum Gasteiger partial charge on any atom is -0.404 e. The van der Waals surface area contributed by atoms with Crippen LogP contribution >= 0.6 is 0 Å². The summed E-state index contributed by atoms with van der Waals surface area (Å²) in [7, 11) is -3.99. The maximum Gasteiger partial charge on any atom is 0.573 e. The molecule has 1 aliphatic rings. The van der Waals surface area contributed by atoms with Crippen molar-refractivity contribution in [1.82, 2.24) is 0 Å². The van der Waals surface area contributed by atoms with Gasteiger partial charge in [-0.25, -0.2) is 8.42 Å². The summed E-state index contributed by atoms with van der Waals surface area (Å²) in [6.07, 6.45) is -3.40. The van der Waals surface area contributed by atoms with Gasteiger partial charge in [0.25, 0.3) is 0 Å². The van der Waals surface area contributed by atoms with Crippen molar-refractivity contribution in [2.24, 2.45) is 5.92 Å². The summed E-state index contributed by atoms with van der Waals surface area (Å²) in [6, 6.07) is 10.9. The maximum atomic E-state index is 13.0. The van der Waals surface area contributed by atoms with E-state index in [1.54, 1.807) is 12.1 Å². The quantitative estimate of drug-likeness (QED) is 0.737. The lowest BCUT2D eigenvalue weighted by Crippen LogP contribution is -2.25. The van der Waals surface area contributed by atoms with Gasteiger partial charge < -0.3 is 9.84 Å². The molecule has 1 fully saturated rings. The van der Waals surface area contributed by atoms with Gasteiger partial charge in [-0.3, -0.25) is 0 Å². The highest BCUT2D eigenvalue weighted by atomic mass is 32.2. The average Bonchev–Trinajstić information content (AvgIpc) is 2.62. The summed E-state index contributed by atoms with van der Waals surface area (Å²) in [4.78, 5) is -0.461. The normalized spacial score (nSPS) is 20.4. The van der Waals surface area contributed by atoms with Crippen LogP contribution in [0.15, 0.2) is 47.4 Å². The molecule has 0 radical (unpaired) electrons. The van der Waals surface area contributed by atoms with Crippen LogP contribution < -0.4 is 4.74 Å². The Bertz CT molecular complexity index is 945. The Morgan fingerprint density at radius 2 is 1.59 bits per heavy atom. The number of hydrogen-bond donors (Lipinski definition) is 1. The number of halogens is 3. The number of alkyl halides is 3. The number of ether oxygens (including phenoxy) is 1. The summed E-state index contributed by atoms with van der Waals surface area (Å²) >= 11 is 0. The van der Waals surface area contributed by atoms with Gasteiger partial charge in [-0.05, 0) is 61.8 Å². The van der Waals surface area contributed by atoms with E-state index in [0.29, 0.717) is 36.8 Å². The molecule has 2 aromatic carbocycles. The van der Waals surface area contributed by atoms with E-state index in [9.17, 15) is 26.7 Å². The van der Waals surface area contributed by atoms with Crippen LogP contribution in [-0.2, 0) is 9.84 Å². The molecule has 1 aliphatic carbocycles. The van der Waals surface area contributed by atoms with Gasteiger partial charge in [0.15, 0.2) is 9.84 Å². The summed E-state index contributed by atoms with van der Waals surface area (Å²) < 4.78 is 68.7. The molecule has 158 valence electrons. The highest BCUT2D eigenvalue weighted by Crippen LogP contribution is 2.36. The molecule has 1 saturated carbocycles. The van der Waals surface area contributed by atoms with E-state index >= 15 is 0 Å². The first-order valence-electron chi connectivity index (χ1n) is 9.41. The largest absolute Gasteiger partial charge is 0.573 e. The maximum absolute atomic E-state index is 13.0. The molecule has 0 spiro atoms. The van der Waals surface area contributed by atoms with Crippen LogP contribution in [-0.4, -0.2) is 31.7 Å². The Morgan fingerprint density at radius 1 is 1.00 bits per heavy atom. The fraction of sp³-hybridized carbons (Fsp3) is 0.429. The van der Waals surface area contributed by atoms with Crippen molar-refractivity contribution in [3.8, 4) is 16.9 Å². The van der Waals surface area contributed by atoms with E-state index in [2.05, 4.69) is 4.74 Å². The van der Waals surface area contributed by atoms with Crippen LogP contribution in [0.2, 0.25) is 0 Å².